The summed E-state index contributed by atoms with van der Waals surface area (Å²) in [6.07, 6.45) is 2.75. The average Bonchev–Trinajstić information content (AvgIpc) is 3.32. The van der Waals surface area contributed by atoms with E-state index in [4.69, 9.17) is 9.47 Å². The quantitative estimate of drug-likeness (QED) is 0.673. The summed E-state index contributed by atoms with van der Waals surface area (Å²) in [6.45, 7) is 0.390. The van der Waals surface area contributed by atoms with Gasteiger partial charge in [-0.05, 0) is 30.2 Å². The van der Waals surface area contributed by atoms with Crippen molar-refractivity contribution in [1.82, 2.24) is 9.88 Å². The molecular formula is C22H23N3O4. The highest BCUT2D eigenvalue weighted by Crippen LogP contribution is 2.31. The van der Waals surface area contributed by atoms with Crippen molar-refractivity contribution in [2.75, 3.05) is 19.5 Å². The Bertz CT molecular complexity index is 1060. The summed E-state index contributed by atoms with van der Waals surface area (Å²) < 4.78 is 10.5. The maximum absolute atomic E-state index is 13.0. The van der Waals surface area contributed by atoms with Crippen LogP contribution in [-0.4, -0.2) is 42.0 Å². The highest BCUT2D eigenvalue weighted by atomic mass is 16.5. The Morgan fingerprint density at radius 2 is 2.03 bits per heavy atom. The first-order chi connectivity index (χ1) is 14.1. The van der Waals surface area contributed by atoms with Crippen molar-refractivity contribution in [2.24, 2.45) is 0 Å². The number of amides is 2. The summed E-state index contributed by atoms with van der Waals surface area (Å²) >= 11 is 0. The lowest BCUT2D eigenvalue weighted by atomic mass is 10.1. The maximum atomic E-state index is 13.0. The van der Waals surface area contributed by atoms with E-state index in [0.717, 1.165) is 16.5 Å². The van der Waals surface area contributed by atoms with E-state index in [9.17, 15) is 9.59 Å². The van der Waals surface area contributed by atoms with Gasteiger partial charge in [-0.15, -0.1) is 0 Å². The van der Waals surface area contributed by atoms with Crippen LogP contribution in [0.3, 0.4) is 0 Å². The van der Waals surface area contributed by atoms with E-state index in [1.165, 1.54) is 7.11 Å². The predicted octanol–water partition coefficient (Wildman–Crippen LogP) is 3.31. The van der Waals surface area contributed by atoms with Gasteiger partial charge < -0.3 is 24.7 Å². The van der Waals surface area contributed by atoms with Crippen molar-refractivity contribution in [1.29, 1.82) is 0 Å². The number of anilines is 1. The number of para-hydroxylation sites is 1. The molecule has 2 aromatic carbocycles. The van der Waals surface area contributed by atoms with Crippen molar-refractivity contribution < 1.29 is 19.1 Å². The third kappa shape index (κ3) is 3.63. The van der Waals surface area contributed by atoms with E-state index in [1.54, 1.807) is 30.2 Å². The van der Waals surface area contributed by atoms with Gasteiger partial charge in [0.2, 0.25) is 11.8 Å². The molecule has 1 unspecified atom stereocenters. The van der Waals surface area contributed by atoms with Gasteiger partial charge in [0.1, 0.15) is 17.5 Å². The fourth-order valence-electron chi connectivity index (χ4n) is 3.77. The number of aromatic nitrogens is 1. The molecule has 0 aliphatic carbocycles. The Labute approximate surface area is 168 Å². The zero-order valence-corrected chi connectivity index (χ0v) is 16.4. The number of hydrogen-bond donors (Lipinski definition) is 2. The molecule has 29 heavy (non-hydrogen) atoms. The molecule has 0 bridgehead atoms. The zero-order valence-electron chi connectivity index (χ0n) is 16.4. The molecule has 0 radical (unpaired) electrons. The van der Waals surface area contributed by atoms with E-state index in [-0.39, 0.29) is 11.8 Å². The number of rotatable bonds is 6. The second-order valence-electron chi connectivity index (χ2n) is 6.99. The fraction of sp³-hybridized carbons (Fsp3) is 0.273. The lowest BCUT2D eigenvalue weighted by Gasteiger charge is -2.24. The Kier molecular flexibility index (Phi) is 5.12. The van der Waals surface area contributed by atoms with Gasteiger partial charge in [0, 0.05) is 36.1 Å². The van der Waals surface area contributed by atoms with Gasteiger partial charge in [0.15, 0.2) is 0 Å². The molecule has 2 heterocycles. The average molecular weight is 393 g/mol. The monoisotopic (exact) mass is 393 g/mol. The van der Waals surface area contributed by atoms with Gasteiger partial charge in [-0.2, -0.15) is 0 Å². The summed E-state index contributed by atoms with van der Waals surface area (Å²) in [7, 11) is 3.10. The molecule has 1 fully saturated rings. The van der Waals surface area contributed by atoms with Crippen LogP contribution in [0, 0.1) is 0 Å². The minimum absolute atomic E-state index is 0.0165. The van der Waals surface area contributed by atoms with Crippen molar-refractivity contribution in [2.45, 2.75) is 25.4 Å². The molecule has 150 valence electrons. The third-order valence-corrected chi connectivity index (χ3v) is 5.31. The van der Waals surface area contributed by atoms with Gasteiger partial charge in [-0.3, -0.25) is 9.59 Å². The number of benzene rings is 2. The first-order valence-corrected chi connectivity index (χ1v) is 9.48. The highest BCUT2D eigenvalue weighted by Gasteiger charge is 2.36. The summed E-state index contributed by atoms with van der Waals surface area (Å²) in [4.78, 5) is 30.4. The smallest absolute Gasteiger partial charge is 0.247 e. The maximum Gasteiger partial charge on any atom is 0.247 e. The van der Waals surface area contributed by atoms with Gasteiger partial charge in [0.05, 0.1) is 19.9 Å². The van der Waals surface area contributed by atoms with Gasteiger partial charge in [-0.1, -0.05) is 18.2 Å². The zero-order chi connectivity index (χ0) is 20.4. The molecule has 1 atom stereocenters. The number of H-pyrrole nitrogens is 1. The Morgan fingerprint density at radius 1 is 1.21 bits per heavy atom. The topological polar surface area (TPSA) is 83.7 Å². The second-order valence-corrected chi connectivity index (χ2v) is 6.99. The van der Waals surface area contributed by atoms with Crippen molar-refractivity contribution in [3.8, 4) is 11.5 Å². The Morgan fingerprint density at radius 3 is 2.83 bits per heavy atom. The van der Waals surface area contributed by atoms with Crippen LogP contribution in [0.15, 0.2) is 48.7 Å². The number of carbonyl (C=O) groups is 2. The molecule has 0 saturated carbocycles. The number of aromatic amines is 1. The minimum Gasteiger partial charge on any atom is -0.497 e. The lowest BCUT2D eigenvalue weighted by Crippen LogP contribution is -2.41. The number of methoxy groups -OCH3 is 2. The summed E-state index contributed by atoms with van der Waals surface area (Å²) in [5.74, 6) is 0.901. The fourth-order valence-corrected chi connectivity index (χ4v) is 3.77. The standard InChI is InChI=1S/C22H23N3O4/c1-28-15-7-8-18(20(11-15)29-2)24-22(27)19-9-10-21(26)25(19)13-14-12-23-17-6-4-3-5-16(14)17/h3-8,11-12,19,23H,9-10,13H2,1-2H3,(H,24,27). The molecule has 0 spiro atoms. The molecule has 1 aliphatic rings. The molecule has 1 aromatic heterocycles. The molecule has 1 aliphatic heterocycles. The van der Waals surface area contributed by atoms with E-state index in [2.05, 4.69) is 10.3 Å². The molecule has 3 aromatic rings. The van der Waals surface area contributed by atoms with Crippen molar-refractivity contribution in [3.05, 3.63) is 54.2 Å². The van der Waals surface area contributed by atoms with Crippen LogP contribution in [-0.2, 0) is 16.1 Å². The van der Waals surface area contributed by atoms with Crippen LogP contribution in [0.4, 0.5) is 5.69 Å². The number of likely N-dealkylation sites (tertiary alicyclic amines) is 1. The second kappa shape index (κ2) is 7.87. The SMILES string of the molecule is COc1ccc(NC(=O)C2CCC(=O)N2Cc2c[nH]c3ccccc23)c(OC)c1. The normalized spacial score (nSPS) is 16.3. The largest absolute Gasteiger partial charge is 0.497 e. The lowest BCUT2D eigenvalue weighted by molar-refractivity contribution is -0.133. The third-order valence-electron chi connectivity index (χ3n) is 5.31. The van der Waals surface area contributed by atoms with Crippen LogP contribution < -0.4 is 14.8 Å². The van der Waals surface area contributed by atoms with Crippen LogP contribution in [0.1, 0.15) is 18.4 Å². The number of carbonyl (C=O) groups excluding carboxylic acids is 2. The van der Waals surface area contributed by atoms with Crippen LogP contribution >= 0.6 is 0 Å². The molecule has 7 heteroatoms. The molecule has 7 nitrogen and oxygen atoms in total. The minimum atomic E-state index is -0.525. The van der Waals surface area contributed by atoms with Crippen molar-refractivity contribution in [3.63, 3.8) is 0 Å². The highest BCUT2D eigenvalue weighted by molar-refractivity contribution is 6.00. The van der Waals surface area contributed by atoms with Gasteiger partial charge in [0.25, 0.3) is 0 Å². The van der Waals surface area contributed by atoms with Crippen molar-refractivity contribution >= 4 is 28.4 Å². The molecule has 2 amide bonds. The molecule has 1 saturated heterocycles. The number of nitrogens with one attached hydrogen (secondary N) is 2. The van der Waals surface area contributed by atoms with E-state index in [1.807, 2.05) is 30.5 Å². The number of ether oxygens (including phenoxy) is 2. The van der Waals surface area contributed by atoms with Gasteiger partial charge >= 0.3 is 0 Å². The number of nitrogens with zero attached hydrogens (tertiary/aromatic N) is 1. The van der Waals surface area contributed by atoms with Gasteiger partial charge in [-0.25, -0.2) is 0 Å². The summed E-state index contributed by atoms with van der Waals surface area (Å²) in [5.41, 5.74) is 2.55. The van der Waals surface area contributed by atoms with Crippen LogP contribution in [0.5, 0.6) is 11.5 Å². The van der Waals surface area contributed by atoms with E-state index < -0.39 is 6.04 Å². The molecular weight excluding hydrogens is 370 g/mol. The number of fused-ring (bicyclic) bond motifs is 1. The van der Waals surface area contributed by atoms with E-state index >= 15 is 0 Å². The Hall–Kier alpha value is -3.48. The van der Waals surface area contributed by atoms with Crippen LogP contribution in [0.25, 0.3) is 10.9 Å². The van der Waals surface area contributed by atoms with E-state index in [0.29, 0.717) is 36.6 Å². The van der Waals surface area contributed by atoms with Crippen LogP contribution in [0.2, 0.25) is 0 Å². The number of hydrogen-bond acceptors (Lipinski definition) is 4. The predicted molar refractivity (Wildman–Crippen MR) is 110 cm³/mol. The Balaban J connectivity index is 1.54. The first-order valence-electron chi connectivity index (χ1n) is 9.48. The molecule has 2 N–H and O–H groups in total. The summed E-state index contributed by atoms with van der Waals surface area (Å²) in [6, 6.07) is 12.6. The first kappa shape index (κ1) is 18.9. The molecule has 4 rings (SSSR count). The summed E-state index contributed by atoms with van der Waals surface area (Å²) in [5, 5.41) is 3.96.